The highest BCUT2D eigenvalue weighted by molar-refractivity contribution is 8.76. The Bertz CT molecular complexity index is 2380. The molecule has 6 aromatic rings. The van der Waals surface area contributed by atoms with Gasteiger partial charge in [-0.2, -0.15) is 0 Å². The van der Waals surface area contributed by atoms with Crippen LogP contribution in [-0.4, -0.2) is 111 Å². The van der Waals surface area contributed by atoms with E-state index in [4.69, 9.17) is 0 Å². The summed E-state index contributed by atoms with van der Waals surface area (Å²) >= 11 is 0. The van der Waals surface area contributed by atoms with E-state index >= 15 is 0 Å². The van der Waals surface area contributed by atoms with E-state index in [9.17, 15) is 19.2 Å². The molecule has 0 spiro atoms. The van der Waals surface area contributed by atoms with Gasteiger partial charge in [0.05, 0.1) is 12.0 Å². The largest absolute Gasteiger partial charge is 0.306 e. The molecule has 0 N–H and O–H groups in total. The molecule has 0 bridgehead atoms. The number of carbonyl (C=O) groups excluding carboxylic acids is 4. The second-order valence-electron chi connectivity index (χ2n) is 13.5. The van der Waals surface area contributed by atoms with Crippen LogP contribution >= 0.6 is 21.6 Å². The van der Waals surface area contributed by atoms with Gasteiger partial charge >= 0.3 is 0 Å². The Hall–Kier alpha value is -5.34. The molecule has 0 saturated heterocycles. The van der Waals surface area contributed by atoms with E-state index in [2.05, 4.69) is 19.8 Å². The van der Waals surface area contributed by atoms with Gasteiger partial charge in [0.25, 0.3) is 23.6 Å². The topological polar surface area (TPSA) is 112 Å². The SMILES string of the molecule is CN(CCCN(C)CCN1C(=O)c2cccc3c(-n4ccnc4)ccc(c23)C1=O)CCN1C(=O)c2cccc3c(SSc4ccccn4)ccc(c23)C1=O. The van der Waals surface area contributed by atoms with Gasteiger partial charge in [0.15, 0.2) is 0 Å². The first kappa shape index (κ1) is 35.7. The monoisotopic (exact) mass is 755 g/mol. The summed E-state index contributed by atoms with van der Waals surface area (Å²) < 4.78 is 1.88. The van der Waals surface area contributed by atoms with Gasteiger partial charge in [0.1, 0.15) is 5.03 Å². The van der Waals surface area contributed by atoms with Gasteiger partial charge in [0, 0.05) is 88.1 Å². The zero-order valence-corrected chi connectivity index (χ0v) is 31.5. The molecule has 2 aliphatic heterocycles. The molecule has 2 aromatic heterocycles. The molecule has 4 amide bonds. The summed E-state index contributed by atoms with van der Waals surface area (Å²) in [5.41, 5.74) is 3.00. The maximum absolute atomic E-state index is 13.7. The summed E-state index contributed by atoms with van der Waals surface area (Å²) in [5.74, 6) is -1.11. The molecule has 13 heteroatoms. The molecule has 0 radical (unpaired) electrons. The van der Waals surface area contributed by atoms with Crippen molar-refractivity contribution in [2.45, 2.75) is 16.3 Å². The number of likely N-dealkylation sites (N-methyl/N-ethyl adjacent to an activating group) is 2. The normalized spacial score (nSPS) is 14.1. The summed E-state index contributed by atoms with van der Waals surface area (Å²) in [6.45, 7) is 3.12. The van der Waals surface area contributed by atoms with Crippen molar-refractivity contribution in [2.75, 3.05) is 53.4 Å². The van der Waals surface area contributed by atoms with Crippen molar-refractivity contribution in [3.63, 3.8) is 0 Å². The lowest BCUT2D eigenvalue weighted by atomic mass is 9.93. The van der Waals surface area contributed by atoms with Gasteiger partial charge in [0.2, 0.25) is 0 Å². The quantitative estimate of drug-likeness (QED) is 0.0901. The predicted octanol–water partition coefficient (Wildman–Crippen LogP) is 6.52. The van der Waals surface area contributed by atoms with Crippen molar-refractivity contribution in [3.8, 4) is 5.69 Å². The number of rotatable bonds is 14. The number of nitrogens with zero attached hydrogens (tertiary/aromatic N) is 7. The Balaban J connectivity index is 0.836. The fourth-order valence-corrected chi connectivity index (χ4v) is 9.27. The summed E-state index contributed by atoms with van der Waals surface area (Å²) in [6.07, 6.45) is 7.82. The number of benzene rings is 4. The lowest BCUT2D eigenvalue weighted by molar-refractivity contribution is 0.0585. The van der Waals surface area contributed by atoms with E-state index in [-0.39, 0.29) is 36.7 Å². The average Bonchev–Trinajstić information content (AvgIpc) is 3.73. The standard InChI is InChI=1S/C41H37N7O4S2/c1-44(22-24-47-38(49)29-10-5-8-27-33(46-21-18-42-26-46)15-13-31(36(27)29)40(47)51)19-7-20-45(2)23-25-48-39(50)30-11-6-9-28-34(16-14-32(37(28)30)41(48)52)53-54-35-12-3-4-17-43-35/h3-6,8-18,21,26H,7,19-20,22-25H2,1-2H3. The molecule has 0 aliphatic carbocycles. The first-order valence-electron chi connectivity index (χ1n) is 17.7. The van der Waals surface area contributed by atoms with Crippen molar-refractivity contribution in [1.29, 1.82) is 0 Å². The molecule has 11 nitrogen and oxygen atoms in total. The highest BCUT2D eigenvalue weighted by Gasteiger charge is 2.35. The van der Waals surface area contributed by atoms with Crippen LogP contribution in [0.15, 0.2) is 114 Å². The third-order valence-corrected chi connectivity index (χ3v) is 12.4. The number of aromatic nitrogens is 3. The highest BCUT2D eigenvalue weighted by Crippen LogP contribution is 2.42. The van der Waals surface area contributed by atoms with Gasteiger partial charge in [-0.1, -0.05) is 41.1 Å². The van der Waals surface area contributed by atoms with Crippen LogP contribution in [0.25, 0.3) is 27.2 Å². The van der Waals surface area contributed by atoms with Crippen LogP contribution < -0.4 is 0 Å². The van der Waals surface area contributed by atoms with Gasteiger partial charge in [-0.15, -0.1) is 0 Å². The summed E-state index contributed by atoms with van der Waals surface area (Å²) in [7, 11) is 7.07. The average molecular weight is 756 g/mol. The van der Waals surface area contributed by atoms with Crippen molar-refractivity contribution >= 4 is 66.8 Å². The molecular weight excluding hydrogens is 719 g/mol. The Labute approximate surface area is 320 Å². The number of pyridine rings is 1. The minimum Gasteiger partial charge on any atom is -0.306 e. The molecule has 0 fully saturated rings. The van der Waals surface area contributed by atoms with Crippen LogP contribution in [0.1, 0.15) is 47.9 Å². The van der Waals surface area contributed by atoms with E-state index in [1.165, 1.54) is 20.6 Å². The first-order chi connectivity index (χ1) is 26.3. The van der Waals surface area contributed by atoms with E-state index in [1.807, 2.05) is 85.5 Å². The Kier molecular flexibility index (Phi) is 10.0. The van der Waals surface area contributed by atoms with Crippen LogP contribution in [0, 0.1) is 0 Å². The van der Waals surface area contributed by atoms with Gasteiger partial charge in [-0.25, -0.2) is 9.97 Å². The maximum atomic E-state index is 13.7. The van der Waals surface area contributed by atoms with Crippen molar-refractivity contribution < 1.29 is 19.2 Å². The van der Waals surface area contributed by atoms with Crippen LogP contribution in [0.3, 0.4) is 0 Å². The van der Waals surface area contributed by atoms with E-state index in [1.54, 1.807) is 47.7 Å². The summed E-state index contributed by atoms with van der Waals surface area (Å²) in [5, 5.41) is 3.99. The Morgan fingerprint density at radius 3 is 1.78 bits per heavy atom. The van der Waals surface area contributed by atoms with Crippen LogP contribution in [0.2, 0.25) is 0 Å². The second kappa shape index (κ2) is 15.2. The Morgan fingerprint density at radius 2 is 1.19 bits per heavy atom. The van der Waals surface area contributed by atoms with Gasteiger partial charge < -0.3 is 14.4 Å². The van der Waals surface area contributed by atoms with E-state index < -0.39 is 0 Å². The molecule has 2 aliphatic rings. The minimum atomic E-state index is -0.284. The summed E-state index contributed by atoms with van der Waals surface area (Å²) in [4.78, 5) is 70.9. The van der Waals surface area contributed by atoms with Gasteiger partial charge in [-0.3, -0.25) is 29.0 Å². The molecule has 54 heavy (non-hydrogen) atoms. The third kappa shape index (κ3) is 6.68. The molecule has 272 valence electrons. The van der Waals surface area contributed by atoms with Crippen molar-refractivity contribution in [3.05, 3.63) is 126 Å². The first-order valence-corrected chi connectivity index (χ1v) is 19.9. The number of imidazole rings is 1. The van der Waals surface area contributed by atoms with Crippen LogP contribution in [0.4, 0.5) is 0 Å². The molecule has 8 rings (SSSR count). The molecule has 0 saturated carbocycles. The van der Waals surface area contributed by atoms with Gasteiger partial charge in [-0.05, 0) is 98.3 Å². The number of carbonyl (C=O) groups is 4. The fraction of sp³-hybridized carbons (Fsp3) is 0.220. The minimum absolute atomic E-state index is 0.273. The van der Waals surface area contributed by atoms with Crippen LogP contribution in [0.5, 0.6) is 0 Å². The number of hydrogen-bond acceptors (Lipinski definition) is 10. The summed E-state index contributed by atoms with van der Waals surface area (Å²) in [6, 6.07) is 24.5. The van der Waals surface area contributed by atoms with E-state index in [0.717, 1.165) is 45.9 Å². The molecular formula is C41H37N7O4S2. The lowest BCUT2D eigenvalue weighted by Crippen LogP contribution is -2.45. The highest BCUT2D eigenvalue weighted by atomic mass is 33.1. The molecule has 4 aromatic carbocycles. The third-order valence-electron chi connectivity index (χ3n) is 10.0. The predicted molar refractivity (Wildman–Crippen MR) is 211 cm³/mol. The second-order valence-corrected chi connectivity index (χ2v) is 15.7. The van der Waals surface area contributed by atoms with Crippen molar-refractivity contribution in [2.24, 2.45) is 0 Å². The van der Waals surface area contributed by atoms with Crippen LogP contribution in [-0.2, 0) is 0 Å². The maximum Gasteiger partial charge on any atom is 0.261 e. The molecule has 0 unspecified atom stereocenters. The Morgan fingerprint density at radius 1 is 0.593 bits per heavy atom. The number of imide groups is 2. The fourth-order valence-electron chi connectivity index (χ4n) is 7.22. The zero-order chi connectivity index (χ0) is 37.3. The zero-order valence-electron chi connectivity index (χ0n) is 29.8. The van der Waals surface area contributed by atoms with E-state index in [0.29, 0.717) is 46.1 Å². The number of hydrogen-bond donors (Lipinski definition) is 0. The smallest absolute Gasteiger partial charge is 0.261 e. The molecule has 0 atom stereocenters. The lowest BCUT2D eigenvalue weighted by Gasteiger charge is -2.30. The van der Waals surface area contributed by atoms with Crippen molar-refractivity contribution in [1.82, 2.24) is 34.1 Å². The molecule has 4 heterocycles. The number of amides is 4.